The predicted molar refractivity (Wildman–Crippen MR) is 65.6 cm³/mol. The molecule has 1 aromatic rings. The van der Waals surface area contributed by atoms with Gasteiger partial charge in [0.2, 0.25) is 0 Å². The van der Waals surface area contributed by atoms with Crippen LogP contribution in [0.5, 0.6) is 5.75 Å². The minimum Gasteiger partial charge on any atom is -0.493 e. The minimum atomic E-state index is -4.40. The summed E-state index contributed by atoms with van der Waals surface area (Å²) in [6.07, 6.45) is -3.45. The molecule has 0 saturated carbocycles. The number of benzene rings is 1. The molecule has 1 aliphatic heterocycles. The number of ether oxygens (including phenoxy) is 1. The van der Waals surface area contributed by atoms with Crippen molar-refractivity contribution in [2.24, 2.45) is 5.92 Å². The van der Waals surface area contributed by atoms with Crippen LogP contribution < -0.4 is 10.1 Å². The molecule has 1 aliphatic rings. The smallest absolute Gasteiger partial charge is 0.420 e. The summed E-state index contributed by atoms with van der Waals surface area (Å²) in [5, 5.41) is 3.15. The molecule has 1 fully saturated rings. The first-order chi connectivity index (χ1) is 8.47. The lowest BCUT2D eigenvalue weighted by atomic mass is 10.1. The van der Waals surface area contributed by atoms with Crippen molar-refractivity contribution in [3.8, 4) is 5.75 Å². The van der Waals surface area contributed by atoms with Gasteiger partial charge in [0.05, 0.1) is 12.2 Å². The second-order valence-corrected chi connectivity index (χ2v) is 5.22. The second kappa shape index (κ2) is 5.48. The SMILES string of the molecule is FC(F)(F)c1cc(Br)ccc1OCC1CCNC1. The van der Waals surface area contributed by atoms with E-state index in [0.29, 0.717) is 11.1 Å². The van der Waals surface area contributed by atoms with E-state index in [9.17, 15) is 13.2 Å². The van der Waals surface area contributed by atoms with E-state index in [1.54, 1.807) is 6.07 Å². The molecule has 1 saturated heterocycles. The van der Waals surface area contributed by atoms with E-state index in [0.717, 1.165) is 25.6 Å². The van der Waals surface area contributed by atoms with Crippen molar-refractivity contribution in [2.75, 3.05) is 19.7 Å². The first-order valence-corrected chi connectivity index (χ1v) is 6.46. The Labute approximate surface area is 112 Å². The lowest BCUT2D eigenvalue weighted by Gasteiger charge is -2.16. The van der Waals surface area contributed by atoms with Crippen LogP contribution in [0.2, 0.25) is 0 Å². The maximum absolute atomic E-state index is 12.8. The summed E-state index contributed by atoms with van der Waals surface area (Å²) in [4.78, 5) is 0. The molecule has 1 unspecified atom stereocenters. The number of rotatable bonds is 3. The fourth-order valence-electron chi connectivity index (χ4n) is 1.91. The van der Waals surface area contributed by atoms with Crippen LogP contribution in [0.4, 0.5) is 13.2 Å². The van der Waals surface area contributed by atoms with E-state index in [2.05, 4.69) is 21.2 Å². The molecule has 0 amide bonds. The standard InChI is InChI=1S/C12H13BrF3NO/c13-9-1-2-11(10(5-9)12(14,15)16)18-7-8-3-4-17-6-8/h1-2,5,8,17H,3-4,6-7H2. The van der Waals surface area contributed by atoms with Crippen LogP contribution in [-0.4, -0.2) is 19.7 Å². The number of halogens is 4. The van der Waals surface area contributed by atoms with Crippen LogP contribution in [-0.2, 0) is 6.18 Å². The molecule has 100 valence electrons. The third-order valence-corrected chi connectivity index (χ3v) is 3.38. The molecule has 2 nitrogen and oxygen atoms in total. The van der Waals surface area contributed by atoms with E-state index in [1.165, 1.54) is 6.07 Å². The van der Waals surface area contributed by atoms with Gasteiger partial charge in [-0.1, -0.05) is 15.9 Å². The maximum Gasteiger partial charge on any atom is 0.420 e. The number of nitrogens with one attached hydrogen (secondary N) is 1. The monoisotopic (exact) mass is 323 g/mol. The summed E-state index contributed by atoms with van der Waals surface area (Å²) < 4.78 is 44.2. The van der Waals surface area contributed by atoms with Gasteiger partial charge in [0.1, 0.15) is 5.75 Å². The Balaban J connectivity index is 2.11. The van der Waals surface area contributed by atoms with Crippen LogP contribution in [0.15, 0.2) is 22.7 Å². The first-order valence-electron chi connectivity index (χ1n) is 5.67. The number of hydrogen-bond acceptors (Lipinski definition) is 2. The number of alkyl halides is 3. The van der Waals surface area contributed by atoms with E-state index in [-0.39, 0.29) is 11.7 Å². The fourth-order valence-corrected chi connectivity index (χ4v) is 2.28. The van der Waals surface area contributed by atoms with Gasteiger partial charge in [-0.15, -0.1) is 0 Å². The summed E-state index contributed by atoms with van der Waals surface area (Å²) in [6.45, 7) is 2.02. The topological polar surface area (TPSA) is 21.3 Å². The Morgan fingerprint density at radius 1 is 1.39 bits per heavy atom. The van der Waals surface area contributed by atoms with Gasteiger partial charge in [-0.2, -0.15) is 13.2 Å². The molecule has 6 heteroatoms. The summed E-state index contributed by atoms with van der Waals surface area (Å²) in [6, 6.07) is 3.95. The number of hydrogen-bond donors (Lipinski definition) is 1. The average Bonchev–Trinajstić information content (AvgIpc) is 2.79. The molecule has 0 spiro atoms. The largest absolute Gasteiger partial charge is 0.493 e. The molecular formula is C12H13BrF3NO. The summed E-state index contributed by atoms with van der Waals surface area (Å²) >= 11 is 3.04. The summed E-state index contributed by atoms with van der Waals surface area (Å²) in [5.74, 6) is 0.187. The van der Waals surface area contributed by atoms with Gasteiger partial charge in [-0.3, -0.25) is 0 Å². The normalized spacial score (nSPS) is 20.1. The first kappa shape index (κ1) is 13.7. The van der Waals surface area contributed by atoms with Gasteiger partial charge in [0.25, 0.3) is 0 Å². The summed E-state index contributed by atoms with van der Waals surface area (Å²) in [5.41, 5.74) is -0.733. The van der Waals surface area contributed by atoms with Gasteiger partial charge in [-0.05, 0) is 31.2 Å². The van der Waals surface area contributed by atoms with Gasteiger partial charge >= 0.3 is 6.18 Å². The fraction of sp³-hybridized carbons (Fsp3) is 0.500. The molecule has 1 N–H and O–H groups in total. The average molecular weight is 324 g/mol. The zero-order valence-corrected chi connectivity index (χ0v) is 11.1. The Morgan fingerprint density at radius 2 is 2.17 bits per heavy atom. The zero-order chi connectivity index (χ0) is 13.2. The molecule has 0 radical (unpaired) electrons. The highest BCUT2D eigenvalue weighted by Gasteiger charge is 2.34. The van der Waals surface area contributed by atoms with Crippen molar-refractivity contribution < 1.29 is 17.9 Å². The summed E-state index contributed by atoms with van der Waals surface area (Å²) in [7, 11) is 0. The van der Waals surface area contributed by atoms with Crippen molar-refractivity contribution >= 4 is 15.9 Å². The van der Waals surface area contributed by atoms with Gasteiger partial charge in [0.15, 0.2) is 0 Å². The van der Waals surface area contributed by atoms with Crippen LogP contribution in [0.25, 0.3) is 0 Å². The maximum atomic E-state index is 12.8. The van der Waals surface area contributed by atoms with Crippen LogP contribution >= 0.6 is 15.9 Å². The van der Waals surface area contributed by atoms with E-state index < -0.39 is 11.7 Å². The molecule has 0 aromatic heterocycles. The van der Waals surface area contributed by atoms with Crippen LogP contribution in [0, 0.1) is 5.92 Å². The van der Waals surface area contributed by atoms with Crippen molar-refractivity contribution in [1.29, 1.82) is 0 Å². The third-order valence-electron chi connectivity index (χ3n) is 2.88. The van der Waals surface area contributed by atoms with Crippen molar-refractivity contribution in [3.63, 3.8) is 0 Å². The molecule has 0 aliphatic carbocycles. The highest BCUT2D eigenvalue weighted by Crippen LogP contribution is 2.38. The lowest BCUT2D eigenvalue weighted by Crippen LogP contribution is -2.17. The Morgan fingerprint density at radius 3 is 2.78 bits per heavy atom. The quantitative estimate of drug-likeness (QED) is 0.919. The lowest BCUT2D eigenvalue weighted by molar-refractivity contribution is -0.139. The van der Waals surface area contributed by atoms with Crippen molar-refractivity contribution in [3.05, 3.63) is 28.2 Å². The van der Waals surface area contributed by atoms with Crippen molar-refractivity contribution in [2.45, 2.75) is 12.6 Å². The van der Waals surface area contributed by atoms with Crippen molar-refractivity contribution in [1.82, 2.24) is 5.32 Å². The van der Waals surface area contributed by atoms with Crippen LogP contribution in [0.1, 0.15) is 12.0 Å². The molecule has 1 heterocycles. The van der Waals surface area contributed by atoms with E-state index in [4.69, 9.17) is 4.74 Å². The molecule has 0 bridgehead atoms. The van der Waals surface area contributed by atoms with E-state index >= 15 is 0 Å². The third kappa shape index (κ3) is 3.38. The predicted octanol–water partition coefficient (Wildman–Crippen LogP) is 3.46. The van der Waals surface area contributed by atoms with E-state index in [1.807, 2.05) is 0 Å². The second-order valence-electron chi connectivity index (χ2n) is 4.31. The Kier molecular flexibility index (Phi) is 4.17. The minimum absolute atomic E-state index is 0.0994. The van der Waals surface area contributed by atoms with Gasteiger partial charge < -0.3 is 10.1 Å². The highest BCUT2D eigenvalue weighted by molar-refractivity contribution is 9.10. The Hall–Kier alpha value is -0.750. The Bertz CT molecular complexity index is 416. The molecular weight excluding hydrogens is 311 g/mol. The van der Waals surface area contributed by atoms with Gasteiger partial charge in [-0.25, -0.2) is 0 Å². The molecule has 1 aromatic carbocycles. The van der Waals surface area contributed by atoms with Crippen LogP contribution in [0.3, 0.4) is 0 Å². The zero-order valence-electron chi connectivity index (χ0n) is 9.56. The molecule has 1 atom stereocenters. The highest BCUT2D eigenvalue weighted by atomic mass is 79.9. The molecule has 2 rings (SSSR count). The van der Waals surface area contributed by atoms with Gasteiger partial charge in [0, 0.05) is 16.9 Å². The molecule has 18 heavy (non-hydrogen) atoms.